The van der Waals surface area contributed by atoms with Crippen LogP contribution in [-0.4, -0.2) is 9.97 Å². The predicted octanol–water partition coefficient (Wildman–Crippen LogP) is 23.5. The number of aryl methyl sites for hydroxylation is 7. The van der Waals surface area contributed by atoms with Crippen LogP contribution in [0.1, 0.15) is 119 Å². The van der Waals surface area contributed by atoms with Gasteiger partial charge in [-0.1, -0.05) is 226 Å². The number of aromatic nitrogens is 2. The van der Waals surface area contributed by atoms with Gasteiger partial charge in [-0.2, -0.15) is 13.2 Å². The fraction of sp³-hybridized carbons (Fsp3) is 0.211. The lowest BCUT2D eigenvalue weighted by molar-refractivity contribution is -0.141. The van der Waals surface area contributed by atoms with Crippen LogP contribution in [0.5, 0.6) is 0 Å². The Labute approximate surface area is 521 Å². The summed E-state index contributed by atoms with van der Waals surface area (Å²) in [5.41, 5.74) is 20.9. The van der Waals surface area contributed by atoms with E-state index in [9.17, 15) is 13.2 Å². The molecule has 2 N–H and O–H groups in total. The number of pyridine rings is 2. The van der Waals surface area contributed by atoms with Crippen LogP contribution in [0.25, 0.3) is 33.0 Å². The van der Waals surface area contributed by atoms with E-state index in [1.54, 1.807) is 18.3 Å². The molecular weight excluding hydrogens is 1140 g/mol. The lowest BCUT2D eigenvalue weighted by Crippen LogP contribution is -2.07. The number of alkyl halides is 3. The smallest absolute Gasteiger partial charge is 0.433 e. The quantitative estimate of drug-likeness (QED) is 0.121. The number of hydrogen-bond donors (Lipinski definition) is 1. The Hall–Kier alpha value is -8.47. The Bertz CT molecular complexity index is 3720. The molecule has 0 radical (unpaired) electrons. The van der Waals surface area contributed by atoms with Gasteiger partial charge in [0.1, 0.15) is 17.0 Å². The van der Waals surface area contributed by atoms with Crippen molar-refractivity contribution in [3.63, 3.8) is 0 Å². The fourth-order valence-electron chi connectivity index (χ4n) is 7.58. The minimum absolute atomic E-state index is 0. The van der Waals surface area contributed by atoms with Gasteiger partial charge in [0.05, 0.1) is 9.30 Å². The molecule has 0 saturated carbocycles. The molecule has 9 heteroatoms. The second kappa shape index (κ2) is 39.9. The first-order chi connectivity index (χ1) is 37.5. The van der Waals surface area contributed by atoms with Gasteiger partial charge in [-0.15, -0.1) is 11.3 Å². The Morgan fingerprint density at radius 2 is 1.07 bits per heavy atom. The van der Waals surface area contributed by atoms with Gasteiger partial charge in [-0.05, 0) is 177 Å². The van der Waals surface area contributed by atoms with Crippen molar-refractivity contribution in [2.45, 2.75) is 113 Å². The van der Waals surface area contributed by atoms with Gasteiger partial charge in [0.15, 0.2) is 0 Å². The average Bonchev–Trinajstić information content (AvgIpc) is 2.78. The summed E-state index contributed by atoms with van der Waals surface area (Å²) < 4.78 is 42.2. The average molecular weight is 1230 g/mol. The zero-order valence-electron chi connectivity index (χ0n) is 44.8. The van der Waals surface area contributed by atoms with Crippen molar-refractivity contribution >= 4 is 54.8 Å². The summed E-state index contributed by atoms with van der Waals surface area (Å²) >= 11 is 5.11. The van der Waals surface area contributed by atoms with Crippen molar-refractivity contribution in [2.75, 3.05) is 5.73 Å². The van der Waals surface area contributed by atoms with Crippen molar-refractivity contribution in [1.29, 1.82) is 0 Å². The van der Waals surface area contributed by atoms with E-state index in [2.05, 4.69) is 156 Å². The van der Waals surface area contributed by atoms with E-state index in [1.807, 2.05) is 135 Å². The number of hydrogen-bond acceptors (Lipinski definition) is 5. The SMILES string of the molecule is C.C.C.C.C.C.C.Cc1cc2ccccc2o1.Cc1ccc(Br)s1.Cc1ccc(C#CC#Cc2ccccc2N)cc1.Cc1ccc(C(F)(F)F)nc1.Cc1ccc2c(c1)Cc1ccccc1-2.Cc1ccc2ccccc2n1.Cc1ccccc1. The molecule has 0 aliphatic heterocycles. The van der Waals surface area contributed by atoms with Gasteiger partial charge in [0.2, 0.25) is 0 Å². The van der Waals surface area contributed by atoms with Gasteiger partial charge in [0, 0.05) is 44.4 Å². The number of nitrogens with zero attached hydrogens (tertiary/aromatic N) is 2. The Morgan fingerprint density at radius 3 is 1.66 bits per heavy atom. The number of nitrogens with two attached hydrogens (primary N) is 1. The molecule has 0 spiro atoms. The highest BCUT2D eigenvalue weighted by atomic mass is 79.9. The van der Waals surface area contributed by atoms with Crippen molar-refractivity contribution in [3.05, 3.63) is 289 Å². The fourth-order valence-corrected chi connectivity index (χ4v) is 9.06. The third kappa shape index (κ3) is 26.8. The van der Waals surface area contributed by atoms with Gasteiger partial charge < -0.3 is 10.2 Å². The molecule has 448 valence electrons. The number of rotatable bonds is 0. The Morgan fingerprint density at radius 1 is 0.506 bits per heavy atom. The maximum Gasteiger partial charge on any atom is 0.433 e. The molecule has 4 heterocycles. The van der Waals surface area contributed by atoms with Crippen molar-refractivity contribution in [3.8, 4) is 34.8 Å². The number of benzene rings is 7. The minimum Gasteiger partial charge on any atom is -0.461 e. The van der Waals surface area contributed by atoms with Crippen LogP contribution in [0.2, 0.25) is 0 Å². The maximum absolute atomic E-state index is 11.9. The molecule has 0 atom stereocenters. The molecule has 0 amide bonds. The summed E-state index contributed by atoms with van der Waals surface area (Å²) in [6.07, 6.45) is -2.02. The number of halogens is 4. The van der Waals surface area contributed by atoms with Crippen LogP contribution < -0.4 is 5.73 Å². The molecule has 0 unspecified atom stereocenters. The van der Waals surface area contributed by atoms with Crippen molar-refractivity contribution < 1.29 is 17.6 Å². The van der Waals surface area contributed by atoms with Gasteiger partial charge in [-0.25, -0.2) is 0 Å². The first-order valence-electron chi connectivity index (χ1n) is 25.1. The number of para-hydroxylation sites is 3. The standard InChI is InChI=1S/C17H13N.C14H12.C10H9N.C9H8O.C7H6F3N.C7H8.C5H5BrS.7CH4/c1-14-10-12-15(13-11-14)6-2-3-7-16-8-4-5-9-17(16)18;1-10-6-7-14-12(8-10)9-11-4-2-3-5-13(11)14;1-8-6-7-9-4-2-3-5-10(9)11-8;1-7-6-8-4-2-3-5-9(8)10-7;1-5-2-3-6(11-4-5)7(8,9)10;1-7-5-3-2-4-6-7;1-4-2-3-5(6)7-4;;;;;;;/h4-5,8-13H,18H2,1H3;2-8H,9H2,1H3;2-7H,1H3;2-6H,1H3;2-4H,1H3;2-6H,1H3;2-3H,1H3;7*1H4. The van der Waals surface area contributed by atoms with Crippen LogP contribution >= 0.6 is 27.3 Å². The number of anilines is 1. The number of furan rings is 1. The molecule has 0 bridgehead atoms. The monoisotopic (exact) mass is 1230 g/mol. The second-order valence-electron chi connectivity index (χ2n) is 18.2. The van der Waals surface area contributed by atoms with Crippen molar-refractivity contribution in [1.82, 2.24) is 9.97 Å². The molecule has 11 aromatic rings. The molecule has 0 saturated heterocycles. The van der Waals surface area contributed by atoms with Gasteiger partial charge in [-0.3, -0.25) is 9.97 Å². The largest absolute Gasteiger partial charge is 0.461 e. The van der Waals surface area contributed by atoms with E-state index in [0.29, 0.717) is 5.69 Å². The highest BCUT2D eigenvalue weighted by Gasteiger charge is 2.31. The second-order valence-corrected chi connectivity index (χ2v) is 20.9. The molecule has 0 fully saturated rings. The third-order valence-electron chi connectivity index (χ3n) is 11.6. The van der Waals surface area contributed by atoms with Crippen LogP contribution in [0, 0.1) is 72.1 Å². The molecule has 4 nitrogen and oxygen atoms in total. The lowest BCUT2D eigenvalue weighted by Gasteiger charge is -2.03. The molecule has 1 aliphatic carbocycles. The van der Waals surface area contributed by atoms with E-state index in [1.165, 1.54) is 70.6 Å². The highest BCUT2D eigenvalue weighted by Crippen LogP contribution is 2.36. The summed E-state index contributed by atoms with van der Waals surface area (Å²) in [7, 11) is 0. The number of nitrogen functional groups attached to an aromatic ring is 1. The molecular formula is C76H89BrF3N3OS. The van der Waals surface area contributed by atoms with E-state index in [4.69, 9.17) is 10.2 Å². The maximum atomic E-state index is 11.9. The van der Waals surface area contributed by atoms with E-state index in [0.717, 1.165) is 51.7 Å². The molecule has 85 heavy (non-hydrogen) atoms. The van der Waals surface area contributed by atoms with Crippen LogP contribution in [0.3, 0.4) is 0 Å². The summed E-state index contributed by atoms with van der Waals surface area (Å²) in [5, 5.41) is 2.39. The predicted molar refractivity (Wildman–Crippen MR) is 372 cm³/mol. The molecule has 7 aromatic carbocycles. The zero-order chi connectivity index (χ0) is 55.9. The van der Waals surface area contributed by atoms with Crippen LogP contribution in [0.4, 0.5) is 18.9 Å². The summed E-state index contributed by atoms with van der Waals surface area (Å²) in [5.74, 6) is 12.6. The normalized spacial score (nSPS) is 9.45. The van der Waals surface area contributed by atoms with Crippen molar-refractivity contribution in [2.24, 2.45) is 0 Å². The minimum atomic E-state index is -4.33. The third-order valence-corrected chi connectivity index (χ3v) is 13.1. The summed E-state index contributed by atoms with van der Waals surface area (Å²) in [6, 6.07) is 70.1. The Kier molecular flexibility index (Phi) is 36.9. The Balaban J connectivity index is 0. The van der Waals surface area contributed by atoms with Gasteiger partial charge >= 0.3 is 6.18 Å². The van der Waals surface area contributed by atoms with Gasteiger partial charge in [0.25, 0.3) is 0 Å². The topological polar surface area (TPSA) is 64.9 Å². The van der Waals surface area contributed by atoms with E-state index in [-0.39, 0.29) is 52.0 Å². The number of thiophene rings is 1. The molecule has 4 aromatic heterocycles. The first kappa shape index (κ1) is 78.6. The number of fused-ring (bicyclic) bond motifs is 5. The van der Waals surface area contributed by atoms with Crippen LogP contribution in [0.15, 0.2) is 227 Å². The highest BCUT2D eigenvalue weighted by molar-refractivity contribution is 9.11. The molecule has 12 rings (SSSR count). The lowest BCUT2D eigenvalue weighted by atomic mass is 10.0. The summed E-state index contributed by atoms with van der Waals surface area (Å²) in [6.45, 7) is 14.0. The van der Waals surface area contributed by atoms with Crippen LogP contribution in [-0.2, 0) is 12.6 Å². The van der Waals surface area contributed by atoms with E-state index >= 15 is 0 Å². The first-order valence-corrected chi connectivity index (χ1v) is 26.7. The van der Waals surface area contributed by atoms with E-state index < -0.39 is 11.9 Å². The molecule has 1 aliphatic rings. The summed E-state index contributed by atoms with van der Waals surface area (Å²) in [4.78, 5) is 8.95. The zero-order valence-corrected chi connectivity index (χ0v) is 47.2.